The van der Waals surface area contributed by atoms with Gasteiger partial charge in [0.25, 0.3) is 0 Å². The molecule has 3 aromatic rings. The van der Waals surface area contributed by atoms with E-state index < -0.39 is 11.0 Å². The van der Waals surface area contributed by atoms with E-state index in [-0.39, 0.29) is 0 Å². The van der Waals surface area contributed by atoms with Crippen molar-refractivity contribution in [3.05, 3.63) is 42.4 Å². The Morgan fingerprint density at radius 3 is 2.93 bits per heavy atom. The summed E-state index contributed by atoms with van der Waals surface area (Å²) in [6, 6.07) is 8.58. The summed E-state index contributed by atoms with van der Waals surface area (Å²) >= 11 is 0. The van der Waals surface area contributed by atoms with E-state index in [0.717, 1.165) is 47.2 Å². The molecule has 1 unspecified atom stereocenters. The minimum Gasteiger partial charge on any atom is -0.384 e. The highest BCUT2D eigenvalue weighted by Crippen LogP contribution is 2.42. The highest BCUT2D eigenvalue weighted by atomic mass is 32.2. The minimum absolute atomic E-state index is 0.401. The molecule has 0 aliphatic heterocycles. The van der Waals surface area contributed by atoms with Gasteiger partial charge in [-0.15, -0.1) is 0 Å². The number of benzene rings is 1. The third-order valence-corrected chi connectivity index (χ3v) is 5.91. The van der Waals surface area contributed by atoms with Gasteiger partial charge in [-0.3, -0.25) is 0 Å². The van der Waals surface area contributed by atoms with Crippen LogP contribution in [0.15, 0.2) is 36.8 Å². The van der Waals surface area contributed by atoms with Gasteiger partial charge in [0, 0.05) is 44.3 Å². The highest BCUT2D eigenvalue weighted by Gasteiger charge is 2.32. The van der Waals surface area contributed by atoms with Crippen molar-refractivity contribution in [3.63, 3.8) is 0 Å². The Balaban J connectivity index is 1.72. The smallest absolute Gasteiger partial charge is 0.146 e. The molecule has 4 rings (SSSR count). The maximum Gasteiger partial charge on any atom is 0.146 e. The Morgan fingerprint density at radius 2 is 2.18 bits per heavy atom. The lowest BCUT2D eigenvalue weighted by Crippen LogP contribution is -2.29. The topological polar surface area (TPSA) is 95.1 Å². The average Bonchev–Trinajstić information content (AvgIpc) is 3.03. The van der Waals surface area contributed by atoms with E-state index in [9.17, 15) is 4.21 Å². The molecule has 0 radical (unpaired) electrons. The number of nitrogens with two attached hydrogens (primary N) is 1. The molecule has 1 aliphatic rings. The van der Waals surface area contributed by atoms with Crippen LogP contribution in [0.25, 0.3) is 22.2 Å². The fraction of sp³-hybridized carbons (Fsp3) is 0.400. The molecule has 8 heteroatoms. The van der Waals surface area contributed by atoms with Crippen molar-refractivity contribution in [1.82, 2.24) is 19.3 Å². The van der Waals surface area contributed by atoms with Crippen molar-refractivity contribution in [3.8, 4) is 11.1 Å². The SMILES string of the molecule is COCC1CC(n2cc(-c3cccc(CNS(C)=O)c3)c3c(N)ncnc32)C1. The number of rotatable bonds is 7. The minimum atomic E-state index is -1.05. The predicted octanol–water partition coefficient (Wildman–Crippen LogP) is 2.66. The second kappa shape index (κ2) is 7.98. The standard InChI is InChI=1S/C20H25N5O2S/c1-27-11-14-7-16(8-14)25-10-17(18-19(21)22-12-23-20(18)25)15-5-3-4-13(6-15)9-24-28(2)26/h3-6,10,12,14,16,24H,7-9,11H2,1-2H3,(H2,21,22,23). The van der Waals surface area contributed by atoms with Gasteiger partial charge in [0.2, 0.25) is 0 Å². The van der Waals surface area contributed by atoms with E-state index >= 15 is 0 Å². The molecule has 1 aliphatic carbocycles. The first-order valence-corrected chi connectivity index (χ1v) is 10.9. The molecule has 1 fully saturated rings. The number of hydrogen-bond acceptors (Lipinski definition) is 5. The lowest BCUT2D eigenvalue weighted by Gasteiger charge is -2.36. The molecule has 2 aromatic heterocycles. The summed E-state index contributed by atoms with van der Waals surface area (Å²) in [6.07, 6.45) is 7.46. The van der Waals surface area contributed by atoms with Gasteiger partial charge >= 0.3 is 0 Å². The molecule has 28 heavy (non-hydrogen) atoms. The Kier molecular flexibility index (Phi) is 5.43. The van der Waals surface area contributed by atoms with Crippen molar-refractivity contribution in [2.45, 2.75) is 25.4 Å². The number of nitrogen functional groups attached to an aromatic ring is 1. The van der Waals surface area contributed by atoms with Crippen molar-refractivity contribution >= 4 is 27.8 Å². The van der Waals surface area contributed by atoms with Gasteiger partial charge in [-0.1, -0.05) is 18.2 Å². The lowest BCUT2D eigenvalue weighted by atomic mass is 9.80. The summed E-state index contributed by atoms with van der Waals surface area (Å²) in [5.74, 6) is 1.09. The molecule has 1 atom stereocenters. The zero-order valence-corrected chi connectivity index (χ0v) is 16.9. The number of aromatic nitrogens is 3. The monoisotopic (exact) mass is 399 g/mol. The first-order chi connectivity index (χ1) is 13.6. The number of methoxy groups -OCH3 is 1. The Morgan fingerprint density at radius 1 is 1.36 bits per heavy atom. The number of anilines is 1. The fourth-order valence-electron chi connectivity index (χ4n) is 3.94. The largest absolute Gasteiger partial charge is 0.384 e. The molecular formula is C20H25N5O2S. The second-order valence-electron chi connectivity index (χ2n) is 7.33. The van der Waals surface area contributed by atoms with Gasteiger partial charge in [0.05, 0.1) is 16.4 Å². The summed E-state index contributed by atoms with van der Waals surface area (Å²) < 4.78 is 21.8. The van der Waals surface area contributed by atoms with E-state index in [0.29, 0.717) is 24.3 Å². The molecule has 148 valence electrons. The third-order valence-electron chi connectivity index (χ3n) is 5.36. The van der Waals surface area contributed by atoms with Crippen LogP contribution in [0.4, 0.5) is 5.82 Å². The third kappa shape index (κ3) is 3.67. The van der Waals surface area contributed by atoms with E-state index in [4.69, 9.17) is 10.5 Å². The zero-order chi connectivity index (χ0) is 19.7. The van der Waals surface area contributed by atoms with Crippen LogP contribution in [-0.4, -0.2) is 38.7 Å². The van der Waals surface area contributed by atoms with Crippen molar-refractivity contribution in [1.29, 1.82) is 0 Å². The molecule has 0 amide bonds. The summed E-state index contributed by atoms with van der Waals surface area (Å²) in [7, 11) is 0.702. The maximum absolute atomic E-state index is 11.3. The molecule has 7 nitrogen and oxygen atoms in total. The van der Waals surface area contributed by atoms with Crippen LogP contribution in [0.3, 0.4) is 0 Å². The number of nitrogens with zero attached hydrogens (tertiary/aromatic N) is 3. The van der Waals surface area contributed by atoms with Gasteiger partial charge < -0.3 is 15.0 Å². The molecule has 0 bridgehead atoms. The van der Waals surface area contributed by atoms with Gasteiger partial charge in [-0.05, 0) is 36.0 Å². The molecule has 0 spiro atoms. The predicted molar refractivity (Wildman–Crippen MR) is 112 cm³/mol. The quantitative estimate of drug-likeness (QED) is 0.637. The Labute approximate surface area is 166 Å². The first kappa shape index (κ1) is 19.0. The number of nitrogens with one attached hydrogen (secondary N) is 1. The van der Waals surface area contributed by atoms with Crippen LogP contribution < -0.4 is 10.5 Å². The summed E-state index contributed by atoms with van der Waals surface area (Å²) in [4.78, 5) is 8.75. The molecule has 1 saturated carbocycles. The summed E-state index contributed by atoms with van der Waals surface area (Å²) in [5.41, 5.74) is 10.3. The van der Waals surface area contributed by atoms with Gasteiger partial charge in [0.1, 0.15) is 17.8 Å². The fourth-order valence-corrected chi connectivity index (χ4v) is 4.31. The normalized spacial score (nSPS) is 20.2. The maximum atomic E-state index is 11.3. The van der Waals surface area contributed by atoms with E-state index in [1.54, 1.807) is 13.4 Å². The number of hydrogen-bond donors (Lipinski definition) is 2. The zero-order valence-electron chi connectivity index (χ0n) is 16.1. The second-order valence-corrected chi connectivity index (χ2v) is 8.53. The van der Waals surface area contributed by atoms with Crippen LogP contribution in [0.5, 0.6) is 0 Å². The number of fused-ring (bicyclic) bond motifs is 1. The van der Waals surface area contributed by atoms with Crippen molar-refractivity contribution in [2.24, 2.45) is 5.92 Å². The van der Waals surface area contributed by atoms with Crippen LogP contribution in [-0.2, 0) is 22.3 Å². The summed E-state index contributed by atoms with van der Waals surface area (Å²) in [5, 5.41) is 0.891. The molecular weight excluding hydrogens is 374 g/mol. The Bertz CT molecular complexity index is 1010. The van der Waals surface area contributed by atoms with Gasteiger partial charge in [0.15, 0.2) is 0 Å². The molecule has 3 N–H and O–H groups in total. The van der Waals surface area contributed by atoms with Crippen LogP contribution >= 0.6 is 0 Å². The van der Waals surface area contributed by atoms with Crippen LogP contribution in [0.2, 0.25) is 0 Å². The van der Waals surface area contributed by atoms with Crippen LogP contribution in [0.1, 0.15) is 24.4 Å². The van der Waals surface area contributed by atoms with E-state index in [1.807, 2.05) is 12.1 Å². The van der Waals surface area contributed by atoms with Crippen LogP contribution in [0, 0.1) is 5.92 Å². The summed E-state index contributed by atoms with van der Waals surface area (Å²) in [6.45, 7) is 1.34. The van der Waals surface area contributed by atoms with Gasteiger partial charge in [-0.25, -0.2) is 18.9 Å². The highest BCUT2D eigenvalue weighted by molar-refractivity contribution is 7.82. The molecule has 2 heterocycles. The average molecular weight is 400 g/mol. The van der Waals surface area contributed by atoms with E-state index in [1.165, 1.54) is 6.33 Å². The van der Waals surface area contributed by atoms with Crippen molar-refractivity contribution in [2.75, 3.05) is 25.7 Å². The first-order valence-electron chi connectivity index (χ1n) is 9.33. The van der Waals surface area contributed by atoms with E-state index in [2.05, 4.69) is 37.6 Å². The Hall–Kier alpha value is -2.29. The van der Waals surface area contributed by atoms with Gasteiger partial charge in [-0.2, -0.15) is 0 Å². The molecule has 0 saturated heterocycles. The van der Waals surface area contributed by atoms with Crippen molar-refractivity contribution < 1.29 is 8.95 Å². The lowest BCUT2D eigenvalue weighted by molar-refractivity contribution is 0.0791. The molecule has 1 aromatic carbocycles. The number of ether oxygens (including phenoxy) is 1.